The van der Waals surface area contributed by atoms with Crippen LogP contribution in [0.1, 0.15) is 0 Å². The number of rotatable bonds is 5. The molecule has 2 rings (SSSR count). The summed E-state index contributed by atoms with van der Waals surface area (Å²) in [5.41, 5.74) is 0. The Morgan fingerprint density at radius 3 is 2.50 bits per heavy atom. The van der Waals surface area contributed by atoms with Crippen LogP contribution in [0, 0.1) is 30.6 Å². The molecule has 4 unspecified atom stereocenters. The monoisotopic (exact) mass is 335 g/mol. The maximum Gasteiger partial charge on any atom is 0.296 e. The van der Waals surface area contributed by atoms with Crippen LogP contribution in [-0.2, 0) is 19.1 Å². The molecule has 8 heteroatoms. The van der Waals surface area contributed by atoms with E-state index in [0.717, 1.165) is 4.90 Å². The van der Waals surface area contributed by atoms with Gasteiger partial charge in [-0.15, -0.1) is 12.8 Å². The zero-order chi connectivity index (χ0) is 17.9. The average molecular weight is 335 g/mol. The van der Waals surface area contributed by atoms with E-state index in [1.54, 1.807) is 0 Å². The average Bonchev–Trinajstić information content (AvgIpc) is 2.86. The molecule has 1 fully saturated rings. The highest BCUT2D eigenvalue weighted by molar-refractivity contribution is 6.07. The zero-order valence-electron chi connectivity index (χ0n) is 12.7. The van der Waals surface area contributed by atoms with Crippen molar-refractivity contribution in [3.8, 4) is 24.7 Å². The SMILES string of the molecule is C#CCOC1=CC(C2OC(CO)C(O)[C@H]2O)C(=O)N(CC#C)C1=O. The number of nitrogens with zero attached hydrogens (tertiary/aromatic N) is 1. The Hall–Kier alpha value is -2.36. The van der Waals surface area contributed by atoms with E-state index in [-0.39, 0.29) is 18.9 Å². The van der Waals surface area contributed by atoms with E-state index >= 15 is 0 Å². The topological polar surface area (TPSA) is 117 Å². The lowest BCUT2D eigenvalue weighted by Crippen LogP contribution is -2.50. The molecule has 0 aromatic rings. The van der Waals surface area contributed by atoms with Crippen molar-refractivity contribution in [3.05, 3.63) is 11.8 Å². The van der Waals surface area contributed by atoms with Gasteiger partial charge in [0.25, 0.3) is 5.91 Å². The molecule has 0 spiro atoms. The maximum atomic E-state index is 12.5. The van der Waals surface area contributed by atoms with Gasteiger partial charge in [-0.05, 0) is 6.08 Å². The van der Waals surface area contributed by atoms with Gasteiger partial charge in [0.2, 0.25) is 5.91 Å². The molecule has 1 saturated heterocycles. The van der Waals surface area contributed by atoms with Crippen molar-refractivity contribution in [1.82, 2.24) is 4.90 Å². The lowest BCUT2D eigenvalue weighted by molar-refractivity contribution is -0.151. The van der Waals surface area contributed by atoms with Crippen LogP contribution in [-0.4, -0.2) is 76.2 Å². The summed E-state index contributed by atoms with van der Waals surface area (Å²) in [5.74, 6) is 1.65. The molecule has 128 valence electrons. The molecule has 0 aromatic heterocycles. The number of aliphatic hydroxyl groups is 3. The Kier molecular flexibility index (Phi) is 5.60. The molecule has 8 nitrogen and oxygen atoms in total. The summed E-state index contributed by atoms with van der Waals surface area (Å²) in [7, 11) is 0. The Balaban J connectivity index is 2.34. The number of carbonyl (C=O) groups excluding carboxylic acids is 2. The Labute approximate surface area is 138 Å². The number of amides is 2. The summed E-state index contributed by atoms with van der Waals surface area (Å²) in [4.78, 5) is 25.5. The van der Waals surface area contributed by atoms with Gasteiger partial charge in [-0.2, -0.15) is 0 Å². The smallest absolute Gasteiger partial charge is 0.296 e. The predicted molar refractivity (Wildman–Crippen MR) is 79.7 cm³/mol. The van der Waals surface area contributed by atoms with Crippen molar-refractivity contribution in [2.24, 2.45) is 5.92 Å². The van der Waals surface area contributed by atoms with Crippen molar-refractivity contribution < 1.29 is 34.4 Å². The van der Waals surface area contributed by atoms with Crippen LogP contribution in [0.25, 0.3) is 0 Å². The quantitative estimate of drug-likeness (QED) is 0.379. The minimum absolute atomic E-state index is 0.189. The van der Waals surface area contributed by atoms with Gasteiger partial charge in [-0.25, -0.2) is 0 Å². The first-order valence-corrected chi connectivity index (χ1v) is 7.16. The van der Waals surface area contributed by atoms with Crippen LogP contribution in [0.4, 0.5) is 0 Å². The van der Waals surface area contributed by atoms with Gasteiger partial charge in [0.15, 0.2) is 5.76 Å². The van der Waals surface area contributed by atoms with E-state index in [9.17, 15) is 19.8 Å². The largest absolute Gasteiger partial charge is 0.475 e. The molecular weight excluding hydrogens is 318 g/mol. The molecule has 2 aliphatic rings. The number of hydrogen-bond donors (Lipinski definition) is 3. The standard InChI is InChI=1S/C16H17NO7/c1-3-5-17-15(21)9(7-10(16(17)22)23-6-4-2)14-13(20)12(19)11(8-18)24-14/h1-2,7,9,11-14,18-20H,5-6,8H2/t9?,11?,12?,13-,14?/m1/s1. The van der Waals surface area contributed by atoms with E-state index in [1.165, 1.54) is 6.08 Å². The van der Waals surface area contributed by atoms with Crippen molar-refractivity contribution in [1.29, 1.82) is 0 Å². The zero-order valence-corrected chi connectivity index (χ0v) is 12.7. The lowest BCUT2D eigenvalue weighted by atomic mass is 9.91. The summed E-state index contributed by atoms with van der Waals surface area (Å²) >= 11 is 0. The highest BCUT2D eigenvalue weighted by atomic mass is 16.6. The molecule has 0 bridgehead atoms. The number of hydrogen-bond acceptors (Lipinski definition) is 7. The van der Waals surface area contributed by atoms with E-state index in [2.05, 4.69) is 11.8 Å². The fraction of sp³-hybridized carbons (Fsp3) is 0.500. The normalized spacial score (nSPS) is 33.0. The molecule has 0 aromatic carbocycles. The van der Waals surface area contributed by atoms with E-state index in [1.807, 2.05) is 0 Å². The number of terminal acetylenes is 2. The summed E-state index contributed by atoms with van der Waals surface area (Å²) < 4.78 is 10.5. The summed E-state index contributed by atoms with van der Waals surface area (Å²) in [6.45, 7) is -1.02. The molecular formula is C16H17NO7. The molecule has 24 heavy (non-hydrogen) atoms. The molecule has 2 aliphatic heterocycles. The molecule has 0 radical (unpaired) electrons. The fourth-order valence-electron chi connectivity index (χ4n) is 2.65. The van der Waals surface area contributed by atoms with Crippen molar-refractivity contribution in [2.75, 3.05) is 19.8 Å². The van der Waals surface area contributed by atoms with Gasteiger partial charge in [-0.3, -0.25) is 14.5 Å². The number of ether oxygens (including phenoxy) is 2. The lowest BCUT2D eigenvalue weighted by Gasteiger charge is -2.31. The van der Waals surface area contributed by atoms with Crippen LogP contribution >= 0.6 is 0 Å². The highest BCUT2D eigenvalue weighted by Crippen LogP contribution is 2.32. The first kappa shape index (κ1) is 18.0. The van der Waals surface area contributed by atoms with Crippen LogP contribution in [0.15, 0.2) is 11.8 Å². The first-order chi connectivity index (χ1) is 11.5. The second-order valence-electron chi connectivity index (χ2n) is 5.29. The second-order valence-corrected chi connectivity index (χ2v) is 5.29. The van der Waals surface area contributed by atoms with Gasteiger partial charge >= 0.3 is 0 Å². The summed E-state index contributed by atoms with van der Waals surface area (Å²) in [6, 6.07) is 0. The Morgan fingerprint density at radius 1 is 1.25 bits per heavy atom. The third kappa shape index (κ3) is 3.14. The van der Waals surface area contributed by atoms with Gasteiger partial charge in [0, 0.05) is 0 Å². The third-order valence-electron chi connectivity index (χ3n) is 3.83. The molecule has 2 heterocycles. The molecule has 3 N–H and O–H groups in total. The number of carbonyl (C=O) groups is 2. The second kappa shape index (κ2) is 7.47. The van der Waals surface area contributed by atoms with Crippen LogP contribution < -0.4 is 0 Å². The summed E-state index contributed by atoms with van der Waals surface area (Å²) in [6.07, 6.45) is 6.46. The van der Waals surface area contributed by atoms with Crippen LogP contribution in [0.3, 0.4) is 0 Å². The van der Waals surface area contributed by atoms with Gasteiger partial charge in [0.05, 0.1) is 19.1 Å². The Morgan fingerprint density at radius 2 is 1.96 bits per heavy atom. The maximum absolute atomic E-state index is 12.5. The van der Waals surface area contributed by atoms with Gasteiger partial charge < -0.3 is 24.8 Å². The van der Waals surface area contributed by atoms with E-state index in [4.69, 9.17) is 27.4 Å². The first-order valence-electron chi connectivity index (χ1n) is 7.16. The molecule has 0 saturated carbocycles. The van der Waals surface area contributed by atoms with Crippen LogP contribution in [0.2, 0.25) is 0 Å². The highest BCUT2D eigenvalue weighted by Gasteiger charge is 2.50. The van der Waals surface area contributed by atoms with Crippen LogP contribution in [0.5, 0.6) is 0 Å². The number of aliphatic hydroxyl groups excluding tert-OH is 3. The Bertz CT molecular complexity index is 629. The number of imide groups is 1. The fourth-order valence-corrected chi connectivity index (χ4v) is 2.65. The summed E-state index contributed by atoms with van der Waals surface area (Å²) in [5, 5.41) is 29.1. The molecule has 5 atom stereocenters. The third-order valence-corrected chi connectivity index (χ3v) is 3.83. The van der Waals surface area contributed by atoms with Crippen molar-refractivity contribution in [3.63, 3.8) is 0 Å². The van der Waals surface area contributed by atoms with Crippen molar-refractivity contribution in [2.45, 2.75) is 24.4 Å². The molecule has 2 amide bonds. The predicted octanol–water partition coefficient (Wildman–Crippen LogP) is -2.38. The minimum Gasteiger partial charge on any atom is -0.475 e. The van der Waals surface area contributed by atoms with E-state index < -0.39 is 48.8 Å². The van der Waals surface area contributed by atoms with Crippen molar-refractivity contribution >= 4 is 11.8 Å². The minimum atomic E-state index is -1.43. The van der Waals surface area contributed by atoms with E-state index in [0.29, 0.717) is 0 Å². The molecule has 0 aliphatic carbocycles. The van der Waals surface area contributed by atoms with Gasteiger partial charge in [-0.1, -0.05) is 11.8 Å². The van der Waals surface area contributed by atoms with Gasteiger partial charge in [0.1, 0.15) is 31.0 Å².